The molecule has 0 radical (unpaired) electrons. The fourth-order valence-electron chi connectivity index (χ4n) is 2.14. The van der Waals surface area contributed by atoms with Gasteiger partial charge in [-0.25, -0.2) is 0 Å². The van der Waals surface area contributed by atoms with Crippen LogP contribution >= 0.6 is 23.2 Å². The van der Waals surface area contributed by atoms with Crippen LogP contribution in [0, 0.1) is 6.92 Å². The average Bonchev–Trinajstić information content (AvgIpc) is 2.53. The third kappa shape index (κ3) is 9.37. The van der Waals surface area contributed by atoms with Crippen LogP contribution in [0.2, 0.25) is 0 Å². The maximum absolute atomic E-state index is 5.97. The normalized spacial score (nSPS) is 11.5. The molecule has 6 heteroatoms. The lowest BCUT2D eigenvalue weighted by atomic mass is 10.1. The van der Waals surface area contributed by atoms with Gasteiger partial charge in [0.15, 0.2) is 0 Å². The zero-order chi connectivity index (χ0) is 19.6. The summed E-state index contributed by atoms with van der Waals surface area (Å²) in [6.07, 6.45) is 7.01. The lowest BCUT2D eigenvalue weighted by Gasteiger charge is -2.17. The van der Waals surface area contributed by atoms with Crippen molar-refractivity contribution in [1.82, 2.24) is 5.48 Å². The monoisotopic (exact) mass is 401 g/mol. The third-order valence-corrected chi connectivity index (χ3v) is 3.58. The van der Waals surface area contributed by atoms with Crippen LogP contribution in [0.5, 0.6) is 11.5 Å². The SMILES string of the molecule is CCc1cc(OCC=C(Cl)Cl)cc(C)c1OCCC=CNOC(C)(C)C. The first-order chi connectivity index (χ1) is 12.2. The zero-order valence-electron chi connectivity index (χ0n) is 16.2. The van der Waals surface area contributed by atoms with E-state index in [1.807, 2.05) is 45.9 Å². The second kappa shape index (κ2) is 11.4. The number of halogens is 2. The summed E-state index contributed by atoms with van der Waals surface area (Å²) < 4.78 is 11.8. The molecule has 0 aromatic heterocycles. The van der Waals surface area contributed by atoms with Gasteiger partial charge in [-0.15, -0.1) is 0 Å². The Labute approximate surface area is 167 Å². The molecule has 0 aliphatic heterocycles. The number of aryl methyl sites for hydroxylation is 2. The lowest BCUT2D eigenvalue weighted by Crippen LogP contribution is -2.25. The smallest absolute Gasteiger partial charge is 0.125 e. The van der Waals surface area contributed by atoms with Crippen molar-refractivity contribution in [2.24, 2.45) is 0 Å². The molecule has 1 N–H and O–H groups in total. The Morgan fingerprint density at radius 2 is 1.92 bits per heavy atom. The summed E-state index contributed by atoms with van der Waals surface area (Å²) in [5.74, 6) is 1.69. The number of hydrogen-bond acceptors (Lipinski definition) is 4. The van der Waals surface area contributed by atoms with Crippen LogP contribution in [0.15, 0.2) is 35.0 Å². The zero-order valence-corrected chi connectivity index (χ0v) is 17.7. The van der Waals surface area contributed by atoms with E-state index >= 15 is 0 Å². The predicted octanol–water partition coefficient (Wildman–Crippen LogP) is 5.86. The minimum absolute atomic E-state index is 0.202. The van der Waals surface area contributed by atoms with Gasteiger partial charge in [-0.3, -0.25) is 10.3 Å². The van der Waals surface area contributed by atoms with Crippen molar-refractivity contribution in [3.63, 3.8) is 0 Å². The van der Waals surface area contributed by atoms with Gasteiger partial charge in [-0.1, -0.05) is 36.2 Å². The molecule has 0 bridgehead atoms. The number of nitrogens with one attached hydrogen (secondary N) is 1. The van der Waals surface area contributed by atoms with E-state index < -0.39 is 0 Å². The number of benzene rings is 1. The molecular formula is C20H29Cl2NO3. The summed E-state index contributed by atoms with van der Waals surface area (Å²) in [5, 5.41) is 0. The average molecular weight is 402 g/mol. The summed E-state index contributed by atoms with van der Waals surface area (Å²) in [6, 6.07) is 3.95. The molecule has 0 fully saturated rings. The van der Waals surface area contributed by atoms with Gasteiger partial charge in [-0.05, 0) is 63.5 Å². The second-order valence-corrected chi connectivity index (χ2v) is 7.77. The van der Waals surface area contributed by atoms with Crippen molar-refractivity contribution >= 4 is 23.2 Å². The van der Waals surface area contributed by atoms with Gasteiger partial charge in [0.25, 0.3) is 0 Å². The maximum Gasteiger partial charge on any atom is 0.125 e. The van der Waals surface area contributed by atoms with Gasteiger partial charge in [0, 0.05) is 12.6 Å². The summed E-state index contributed by atoms with van der Waals surface area (Å²) >= 11 is 11.2. The molecule has 1 rings (SSSR count). The van der Waals surface area contributed by atoms with Crippen molar-refractivity contribution in [2.45, 2.75) is 53.1 Å². The van der Waals surface area contributed by atoms with Crippen molar-refractivity contribution in [3.05, 3.63) is 46.1 Å². The Bertz CT molecular complexity index is 618. The van der Waals surface area contributed by atoms with Gasteiger partial charge >= 0.3 is 0 Å². The minimum atomic E-state index is -0.220. The standard InChI is InChI=1S/C20H29Cl2NO3/c1-6-16-14-17(24-12-9-18(21)22)13-15(2)19(16)25-11-8-7-10-23-26-20(3,4)5/h7,9-10,13-14,23H,6,8,11-12H2,1-5H3. The number of hydrogen-bond donors (Lipinski definition) is 1. The van der Waals surface area contributed by atoms with E-state index in [2.05, 4.69) is 12.4 Å². The Balaban J connectivity index is 2.55. The number of ether oxygens (including phenoxy) is 2. The van der Waals surface area contributed by atoms with Gasteiger partial charge in [-0.2, -0.15) is 0 Å². The molecule has 1 aromatic carbocycles. The van der Waals surface area contributed by atoms with E-state index in [9.17, 15) is 0 Å². The molecule has 0 amide bonds. The summed E-state index contributed by atoms with van der Waals surface area (Å²) in [7, 11) is 0. The molecule has 0 saturated heterocycles. The molecule has 0 aliphatic carbocycles. The molecule has 146 valence electrons. The molecule has 0 aliphatic rings. The minimum Gasteiger partial charge on any atom is -0.493 e. The Kier molecular flexibility index (Phi) is 9.92. The lowest BCUT2D eigenvalue weighted by molar-refractivity contribution is -0.0522. The molecule has 0 unspecified atom stereocenters. The maximum atomic E-state index is 5.97. The van der Waals surface area contributed by atoms with E-state index in [4.69, 9.17) is 37.5 Å². The fraction of sp³-hybridized carbons (Fsp3) is 0.500. The molecule has 0 atom stereocenters. The van der Waals surface area contributed by atoms with E-state index in [0.29, 0.717) is 13.2 Å². The fourth-order valence-corrected chi connectivity index (χ4v) is 2.26. The highest BCUT2D eigenvalue weighted by atomic mass is 35.5. The van der Waals surface area contributed by atoms with Crippen molar-refractivity contribution < 1.29 is 14.3 Å². The van der Waals surface area contributed by atoms with Crippen LogP contribution < -0.4 is 15.0 Å². The highest BCUT2D eigenvalue weighted by molar-refractivity contribution is 6.55. The van der Waals surface area contributed by atoms with Crippen molar-refractivity contribution in [3.8, 4) is 11.5 Å². The summed E-state index contributed by atoms with van der Waals surface area (Å²) in [4.78, 5) is 5.40. The van der Waals surface area contributed by atoms with Crippen LogP contribution in [0.25, 0.3) is 0 Å². The van der Waals surface area contributed by atoms with Crippen LogP contribution in [-0.4, -0.2) is 18.8 Å². The van der Waals surface area contributed by atoms with Crippen LogP contribution in [-0.2, 0) is 11.3 Å². The van der Waals surface area contributed by atoms with E-state index in [1.165, 1.54) is 0 Å². The van der Waals surface area contributed by atoms with Crippen molar-refractivity contribution in [1.29, 1.82) is 0 Å². The Hall–Kier alpha value is -1.36. The van der Waals surface area contributed by atoms with Crippen LogP contribution in [0.4, 0.5) is 0 Å². The Morgan fingerprint density at radius 3 is 2.54 bits per heavy atom. The first kappa shape index (κ1) is 22.7. The van der Waals surface area contributed by atoms with Gasteiger partial charge in [0.1, 0.15) is 22.6 Å². The highest BCUT2D eigenvalue weighted by Crippen LogP contribution is 2.30. The van der Waals surface area contributed by atoms with Gasteiger partial charge in [0.05, 0.1) is 12.2 Å². The molecule has 0 saturated carbocycles. The first-order valence-electron chi connectivity index (χ1n) is 8.71. The predicted molar refractivity (Wildman–Crippen MR) is 109 cm³/mol. The molecule has 4 nitrogen and oxygen atoms in total. The van der Waals surface area contributed by atoms with Gasteiger partial charge < -0.3 is 9.47 Å². The quantitative estimate of drug-likeness (QED) is 0.393. The van der Waals surface area contributed by atoms with Crippen LogP contribution in [0.3, 0.4) is 0 Å². The largest absolute Gasteiger partial charge is 0.493 e. The third-order valence-electron chi connectivity index (χ3n) is 3.28. The first-order valence-corrected chi connectivity index (χ1v) is 9.47. The van der Waals surface area contributed by atoms with Crippen LogP contribution in [0.1, 0.15) is 45.2 Å². The van der Waals surface area contributed by atoms with Crippen molar-refractivity contribution in [2.75, 3.05) is 13.2 Å². The molecule has 0 heterocycles. The second-order valence-electron chi connectivity index (χ2n) is 6.76. The summed E-state index contributed by atoms with van der Waals surface area (Å²) in [5.41, 5.74) is 4.75. The van der Waals surface area contributed by atoms with E-state index in [-0.39, 0.29) is 10.1 Å². The number of hydroxylamine groups is 1. The molecule has 1 aromatic rings. The summed E-state index contributed by atoms with van der Waals surface area (Å²) in [6.45, 7) is 11.0. The molecule has 26 heavy (non-hydrogen) atoms. The topological polar surface area (TPSA) is 39.7 Å². The highest BCUT2D eigenvalue weighted by Gasteiger charge is 2.10. The number of rotatable bonds is 10. The Morgan fingerprint density at radius 1 is 1.19 bits per heavy atom. The molecular weight excluding hydrogens is 373 g/mol. The van der Waals surface area contributed by atoms with E-state index in [0.717, 1.165) is 35.5 Å². The van der Waals surface area contributed by atoms with Gasteiger partial charge in [0.2, 0.25) is 0 Å². The molecule has 0 spiro atoms. The van der Waals surface area contributed by atoms with E-state index in [1.54, 1.807) is 12.3 Å².